The molecule has 0 unspecified atom stereocenters. The lowest BCUT2D eigenvalue weighted by Gasteiger charge is -2.35. The molecule has 0 aromatic carbocycles. The number of aromatic nitrogens is 1. The average molecular weight is 513 g/mol. The second kappa shape index (κ2) is 12.4. The molecule has 2 heterocycles. The van der Waals surface area contributed by atoms with Crippen molar-refractivity contribution in [3.8, 4) is 0 Å². The van der Waals surface area contributed by atoms with Crippen LogP contribution in [0.4, 0.5) is 0 Å². The number of nitrogens with one attached hydrogen (secondary N) is 2. The lowest BCUT2D eigenvalue weighted by Crippen LogP contribution is -2.41. The number of thioether (sulfide) groups is 1. The number of aryl methyl sites for hydroxylation is 2. The molecule has 8 heteroatoms. The maximum atomic E-state index is 5.55. The second-order valence-corrected chi connectivity index (χ2v) is 9.37. The molecule has 0 aliphatic carbocycles. The number of thiazole rings is 1. The van der Waals surface area contributed by atoms with Crippen LogP contribution in [0.5, 0.6) is 0 Å². The maximum Gasteiger partial charge on any atom is 0.191 e. The van der Waals surface area contributed by atoms with E-state index in [2.05, 4.69) is 43.3 Å². The van der Waals surface area contributed by atoms with Gasteiger partial charge in [0.1, 0.15) is 0 Å². The van der Waals surface area contributed by atoms with Crippen molar-refractivity contribution in [2.24, 2.45) is 4.99 Å². The lowest BCUT2D eigenvalue weighted by molar-refractivity contribution is 0.0793. The largest absolute Gasteiger partial charge is 0.381 e. The molecule has 0 spiro atoms. The van der Waals surface area contributed by atoms with Crippen LogP contribution in [0.2, 0.25) is 0 Å². The summed E-state index contributed by atoms with van der Waals surface area (Å²) in [6, 6.07) is 0. The summed E-state index contributed by atoms with van der Waals surface area (Å²) in [6.07, 6.45) is 3.12. The lowest BCUT2D eigenvalue weighted by atomic mass is 9.99. The van der Waals surface area contributed by atoms with Gasteiger partial charge in [-0.05, 0) is 39.4 Å². The normalized spacial score (nSPS) is 16.8. The molecular formula is C18H33IN4OS2. The molecule has 0 bridgehead atoms. The number of nitrogens with zero attached hydrogens (tertiary/aromatic N) is 2. The summed E-state index contributed by atoms with van der Waals surface area (Å²) in [5.41, 5.74) is 1.15. The van der Waals surface area contributed by atoms with Gasteiger partial charge in [-0.3, -0.25) is 4.99 Å². The smallest absolute Gasteiger partial charge is 0.191 e. The molecule has 1 aliphatic rings. The summed E-state index contributed by atoms with van der Waals surface area (Å²) >= 11 is 3.83. The molecule has 5 nitrogen and oxygen atoms in total. The first-order chi connectivity index (χ1) is 12.1. The molecule has 0 atom stereocenters. The van der Waals surface area contributed by atoms with Crippen LogP contribution in [0.1, 0.15) is 42.3 Å². The maximum absolute atomic E-state index is 5.55. The molecule has 0 amide bonds. The van der Waals surface area contributed by atoms with Crippen LogP contribution in [0.3, 0.4) is 0 Å². The van der Waals surface area contributed by atoms with Gasteiger partial charge >= 0.3 is 0 Å². The van der Waals surface area contributed by atoms with E-state index >= 15 is 0 Å². The van der Waals surface area contributed by atoms with E-state index in [1.807, 2.05) is 11.8 Å². The summed E-state index contributed by atoms with van der Waals surface area (Å²) in [7, 11) is 0. The third-order valence-electron chi connectivity index (χ3n) is 4.43. The van der Waals surface area contributed by atoms with Crippen LogP contribution in [-0.4, -0.2) is 54.3 Å². The topological polar surface area (TPSA) is 58.5 Å². The number of rotatable bonds is 8. The Morgan fingerprint density at radius 1 is 1.27 bits per heavy atom. The van der Waals surface area contributed by atoms with Crippen molar-refractivity contribution in [1.29, 1.82) is 0 Å². The summed E-state index contributed by atoms with van der Waals surface area (Å²) < 4.78 is 5.79. The molecule has 2 rings (SSSR count). The van der Waals surface area contributed by atoms with Gasteiger partial charge in [0.15, 0.2) is 5.96 Å². The van der Waals surface area contributed by atoms with Crippen LogP contribution in [0.25, 0.3) is 0 Å². The van der Waals surface area contributed by atoms with E-state index in [0.717, 1.165) is 69.5 Å². The van der Waals surface area contributed by atoms with E-state index in [1.165, 1.54) is 9.88 Å². The SMILES string of the molecule is CCNC(=NCC1(SCC)CCOCC1)NCCc1nc(C)c(C)s1.I. The van der Waals surface area contributed by atoms with Gasteiger partial charge in [-0.15, -0.1) is 35.3 Å². The minimum Gasteiger partial charge on any atom is -0.381 e. The fourth-order valence-electron chi connectivity index (χ4n) is 2.90. The van der Waals surface area contributed by atoms with Crippen LogP contribution < -0.4 is 10.6 Å². The van der Waals surface area contributed by atoms with Crippen LogP contribution >= 0.6 is 47.1 Å². The predicted molar refractivity (Wildman–Crippen MR) is 126 cm³/mol. The highest BCUT2D eigenvalue weighted by Gasteiger charge is 2.32. The van der Waals surface area contributed by atoms with Crippen LogP contribution in [-0.2, 0) is 11.2 Å². The van der Waals surface area contributed by atoms with Gasteiger partial charge in [-0.2, -0.15) is 11.8 Å². The van der Waals surface area contributed by atoms with Gasteiger partial charge in [-0.1, -0.05) is 6.92 Å². The Morgan fingerprint density at radius 3 is 2.58 bits per heavy atom. The molecule has 1 fully saturated rings. The van der Waals surface area contributed by atoms with Crippen molar-refractivity contribution < 1.29 is 4.74 Å². The molecule has 1 aliphatic heterocycles. The van der Waals surface area contributed by atoms with Gasteiger partial charge in [0.25, 0.3) is 0 Å². The van der Waals surface area contributed by atoms with E-state index in [-0.39, 0.29) is 28.7 Å². The Bertz CT molecular complexity index is 534. The molecule has 2 N–H and O–H groups in total. The third-order valence-corrected chi connectivity index (χ3v) is 7.00. The number of ether oxygens (including phenoxy) is 1. The van der Waals surface area contributed by atoms with Gasteiger partial charge in [-0.25, -0.2) is 4.98 Å². The first-order valence-corrected chi connectivity index (χ1v) is 11.1. The Balaban J connectivity index is 0.00000338. The fraction of sp³-hybridized carbons (Fsp3) is 0.778. The van der Waals surface area contributed by atoms with E-state index < -0.39 is 0 Å². The standard InChI is InChI=1S/C18H32N4OS2.HI/c1-5-19-17(20-10-7-16-22-14(3)15(4)25-16)21-13-18(24-6-2)8-11-23-12-9-18;/h5-13H2,1-4H3,(H2,19,20,21);1H. The van der Waals surface area contributed by atoms with Gasteiger partial charge in [0, 0.05) is 42.3 Å². The van der Waals surface area contributed by atoms with E-state index in [0.29, 0.717) is 0 Å². The highest BCUT2D eigenvalue weighted by atomic mass is 127. The van der Waals surface area contributed by atoms with E-state index in [9.17, 15) is 0 Å². The first-order valence-electron chi connectivity index (χ1n) is 9.25. The zero-order valence-corrected chi connectivity index (χ0v) is 20.4. The summed E-state index contributed by atoms with van der Waals surface area (Å²) in [6.45, 7) is 12.8. The summed E-state index contributed by atoms with van der Waals surface area (Å²) in [5, 5.41) is 8.02. The van der Waals surface area contributed by atoms with Crippen molar-refractivity contribution in [3.05, 3.63) is 15.6 Å². The highest BCUT2D eigenvalue weighted by molar-refractivity contribution is 14.0. The second-order valence-electron chi connectivity index (χ2n) is 6.35. The zero-order valence-electron chi connectivity index (χ0n) is 16.4. The molecule has 1 saturated heterocycles. The molecule has 1 aromatic rings. The molecular weight excluding hydrogens is 479 g/mol. The molecule has 150 valence electrons. The third kappa shape index (κ3) is 7.52. The van der Waals surface area contributed by atoms with Crippen molar-refractivity contribution in [2.75, 3.05) is 38.6 Å². The number of guanidine groups is 1. The molecule has 26 heavy (non-hydrogen) atoms. The van der Waals surface area contributed by atoms with Crippen molar-refractivity contribution in [1.82, 2.24) is 15.6 Å². The van der Waals surface area contributed by atoms with E-state index in [1.54, 1.807) is 11.3 Å². The molecule has 0 saturated carbocycles. The van der Waals surface area contributed by atoms with Crippen molar-refractivity contribution in [3.63, 3.8) is 0 Å². The average Bonchev–Trinajstić information content (AvgIpc) is 2.92. The first kappa shape index (κ1) is 24.0. The number of hydrogen-bond donors (Lipinski definition) is 2. The Labute approximate surface area is 183 Å². The van der Waals surface area contributed by atoms with Gasteiger partial charge in [0.2, 0.25) is 0 Å². The Hall–Kier alpha value is -0.0600. The molecule has 0 radical (unpaired) electrons. The molecule has 1 aromatic heterocycles. The minimum absolute atomic E-state index is 0. The Morgan fingerprint density at radius 2 is 2.00 bits per heavy atom. The van der Waals surface area contributed by atoms with Gasteiger partial charge < -0.3 is 15.4 Å². The summed E-state index contributed by atoms with van der Waals surface area (Å²) in [4.78, 5) is 10.8. The number of hydrogen-bond acceptors (Lipinski definition) is 5. The fourth-order valence-corrected chi connectivity index (χ4v) is 5.05. The zero-order chi connectivity index (χ0) is 18.1. The summed E-state index contributed by atoms with van der Waals surface area (Å²) in [5.74, 6) is 2.04. The van der Waals surface area contributed by atoms with E-state index in [4.69, 9.17) is 9.73 Å². The number of aliphatic imine (C=N–C) groups is 1. The van der Waals surface area contributed by atoms with Crippen molar-refractivity contribution in [2.45, 2.75) is 51.7 Å². The minimum atomic E-state index is 0. The van der Waals surface area contributed by atoms with Crippen molar-refractivity contribution >= 4 is 53.0 Å². The van der Waals surface area contributed by atoms with Gasteiger partial charge in [0.05, 0.1) is 17.2 Å². The number of halogens is 1. The monoisotopic (exact) mass is 512 g/mol. The van der Waals surface area contributed by atoms with Crippen LogP contribution in [0.15, 0.2) is 4.99 Å². The highest BCUT2D eigenvalue weighted by Crippen LogP contribution is 2.35. The van der Waals surface area contributed by atoms with Crippen LogP contribution in [0, 0.1) is 13.8 Å². The Kier molecular flexibility index (Phi) is 11.4. The predicted octanol–water partition coefficient (Wildman–Crippen LogP) is 3.78. The quantitative estimate of drug-likeness (QED) is 0.316.